The first-order chi connectivity index (χ1) is 11.8. The largest absolute Gasteiger partial charge is 0.276 e. The Morgan fingerprint density at radius 3 is 2.67 bits per heavy atom. The fraction of sp³-hybridized carbons (Fsp3) is 0.0500. The van der Waals surface area contributed by atoms with Gasteiger partial charge in [0, 0.05) is 17.3 Å². The Morgan fingerprint density at radius 2 is 1.83 bits per heavy atom. The summed E-state index contributed by atoms with van der Waals surface area (Å²) in [4.78, 5) is 4.45. The molecule has 0 radical (unpaired) electrons. The van der Waals surface area contributed by atoms with E-state index in [2.05, 4.69) is 40.3 Å². The number of rotatable bonds is 2. The number of aromatic amines is 1. The third-order valence-electron chi connectivity index (χ3n) is 4.20. The molecule has 4 nitrogen and oxygen atoms in total. The molecule has 2 aromatic heterocycles. The predicted octanol–water partition coefficient (Wildman–Crippen LogP) is 4.47. The molecule has 114 valence electrons. The topological polar surface area (TPSA) is 65.4 Å². The van der Waals surface area contributed by atoms with Crippen LogP contribution >= 0.6 is 0 Å². The summed E-state index contributed by atoms with van der Waals surface area (Å²) in [5, 5.41) is 16.6. The summed E-state index contributed by atoms with van der Waals surface area (Å²) in [5.74, 6) is 0. The molecule has 0 atom stereocenters. The summed E-state index contributed by atoms with van der Waals surface area (Å²) in [6, 6.07) is 18.3. The van der Waals surface area contributed by atoms with Crippen molar-refractivity contribution in [3.63, 3.8) is 0 Å². The maximum atomic E-state index is 9.60. The molecule has 0 aliphatic heterocycles. The van der Waals surface area contributed by atoms with Gasteiger partial charge < -0.3 is 0 Å². The van der Waals surface area contributed by atoms with Crippen LogP contribution in [-0.2, 0) is 0 Å². The molecule has 0 spiro atoms. The molecule has 4 heteroatoms. The lowest BCUT2D eigenvalue weighted by molar-refractivity contribution is 1.12. The monoisotopic (exact) mass is 310 g/mol. The van der Waals surface area contributed by atoms with Crippen molar-refractivity contribution in [1.29, 1.82) is 5.26 Å². The van der Waals surface area contributed by atoms with Crippen molar-refractivity contribution in [2.45, 2.75) is 6.92 Å². The molecule has 0 aliphatic rings. The Labute approximate surface area is 139 Å². The van der Waals surface area contributed by atoms with E-state index in [0.29, 0.717) is 5.56 Å². The van der Waals surface area contributed by atoms with E-state index in [1.54, 1.807) is 6.20 Å². The van der Waals surface area contributed by atoms with Crippen LogP contribution in [0.3, 0.4) is 0 Å². The van der Waals surface area contributed by atoms with Gasteiger partial charge in [-0.3, -0.25) is 10.1 Å². The fourth-order valence-corrected chi connectivity index (χ4v) is 3.01. The van der Waals surface area contributed by atoms with Crippen LogP contribution in [0.5, 0.6) is 0 Å². The van der Waals surface area contributed by atoms with E-state index >= 15 is 0 Å². The van der Waals surface area contributed by atoms with Gasteiger partial charge in [0.25, 0.3) is 0 Å². The van der Waals surface area contributed by atoms with Gasteiger partial charge in [0.05, 0.1) is 23.3 Å². The highest BCUT2D eigenvalue weighted by atomic mass is 15.1. The van der Waals surface area contributed by atoms with Crippen molar-refractivity contribution in [2.75, 3.05) is 0 Å². The lowest BCUT2D eigenvalue weighted by atomic mass is 9.89. The van der Waals surface area contributed by atoms with Crippen LogP contribution in [0.25, 0.3) is 33.3 Å². The van der Waals surface area contributed by atoms with E-state index in [1.807, 2.05) is 42.6 Å². The number of nitrogens with one attached hydrogen (secondary N) is 1. The third-order valence-corrected chi connectivity index (χ3v) is 4.20. The van der Waals surface area contributed by atoms with Crippen LogP contribution in [0.15, 0.2) is 60.9 Å². The summed E-state index contributed by atoms with van der Waals surface area (Å²) in [7, 11) is 0. The summed E-state index contributed by atoms with van der Waals surface area (Å²) in [6.45, 7) is 2.06. The highest BCUT2D eigenvalue weighted by Crippen LogP contribution is 2.36. The Balaban J connectivity index is 2.02. The van der Waals surface area contributed by atoms with Crippen molar-refractivity contribution in [1.82, 2.24) is 15.2 Å². The Hall–Kier alpha value is -3.45. The number of nitriles is 1. The molecular formula is C20H14N4. The average Bonchev–Trinajstić information content (AvgIpc) is 3.09. The molecule has 1 N–H and O–H groups in total. The maximum absolute atomic E-state index is 9.60. The molecule has 2 aromatic carbocycles. The van der Waals surface area contributed by atoms with Crippen molar-refractivity contribution in [3.05, 3.63) is 72.1 Å². The minimum atomic E-state index is 0.659. The number of hydrogen-bond donors (Lipinski definition) is 1. The van der Waals surface area contributed by atoms with Crippen molar-refractivity contribution < 1.29 is 0 Å². The van der Waals surface area contributed by atoms with Crippen LogP contribution < -0.4 is 0 Å². The molecule has 2 heterocycles. The molecule has 0 saturated carbocycles. The zero-order valence-electron chi connectivity index (χ0n) is 13.1. The summed E-state index contributed by atoms with van der Waals surface area (Å²) >= 11 is 0. The van der Waals surface area contributed by atoms with E-state index in [-0.39, 0.29) is 0 Å². The second-order valence-corrected chi connectivity index (χ2v) is 5.68. The van der Waals surface area contributed by atoms with Gasteiger partial charge in [-0.15, -0.1) is 0 Å². The fourth-order valence-electron chi connectivity index (χ4n) is 3.01. The van der Waals surface area contributed by atoms with Crippen LogP contribution in [0.4, 0.5) is 0 Å². The first-order valence-electron chi connectivity index (χ1n) is 7.66. The second kappa shape index (κ2) is 5.64. The SMILES string of the molecule is Cc1ccccc1-c1c(C#N)cccc1-c1cnc2cn[nH]c2c1. The molecule has 0 unspecified atom stereocenters. The molecule has 24 heavy (non-hydrogen) atoms. The van der Waals surface area contributed by atoms with Gasteiger partial charge in [-0.05, 0) is 35.7 Å². The number of aromatic nitrogens is 3. The Morgan fingerprint density at radius 1 is 1.00 bits per heavy atom. The molecular weight excluding hydrogens is 296 g/mol. The minimum Gasteiger partial charge on any atom is -0.276 e. The van der Waals surface area contributed by atoms with Gasteiger partial charge >= 0.3 is 0 Å². The molecule has 0 amide bonds. The number of hydrogen-bond acceptors (Lipinski definition) is 3. The first kappa shape index (κ1) is 14.2. The number of aryl methyl sites for hydroxylation is 1. The molecule has 4 rings (SSSR count). The van der Waals surface area contributed by atoms with Crippen LogP contribution in [0.1, 0.15) is 11.1 Å². The van der Waals surface area contributed by atoms with Gasteiger partial charge in [-0.2, -0.15) is 10.4 Å². The molecule has 4 aromatic rings. The standard InChI is InChI=1S/C20H14N4/c1-13-5-2-3-7-16(13)20-14(10-21)6-4-8-17(20)15-9-18-19(22-11-15)12-23-24-18/h2-9,11-12H,1H3,(H,23,24). The van der Waals surface area contributed by atoms with E-state index in [0.717, 1.165) is 38.9 Å². The molecule has 0 aliphatic carbocycles. The highest BCUT2D eigenvalue weighted by molar-refractivity contribution is 5.90. The van der Waals surface area contributed by atoms with Gasteiger partial charge in [-0.25, -0.2) is 0 Å². The minimum absolute atomic E-state index is 0.659. The van der Waals surface area contributed by atoms with Gasteiger partial charge in [0.1, 0.15) is 5.52 Å². The zero-order chi connectivity index (χ0) is 16.5. The first-order valence-corrected chi connectivity index (χ1v) is 7.66. The summed E-state index contributed by atoms with van der Waals surface area (Å²) in [5.41, 5.74) is 7.46. The predicted molar refractivity (Wildman–Crippen MR) is 94.2 cm³/mol. The quantitative estimate of drug-likeness (QED) is 0.594. The normalized spacial score (nSPS) is 10.7. The number of pyridine rings is 1. The number of nitrogens with zero attached hydrogens (tertiary/aromatic N) is 3. The van der Waals surface area contributed by atoms with Gasteiger partial charge in [0.15, 0.2) is 0 Å². The summed E-state index contributed by atoms with van der Waals surface area (Å²) < 4.78 is 0. The highest BCUT2D eigenvalue weighted by Gasteiger charge is 2.14. The van der Waals surface area contributed by atoms with Crippen molar-refractivity contribution >= 4 is 11.0 Å². The van der Waals surface area contributed by atoms with Crippen LogP contribution in [0, 0.1) is 18.3 Å². The summed E-state index contributed by atoms with van der Waals surface area (Å²) in [6.07, 6.45) is 3.53. The van der Waals surface area contributed by atoms with Gasteiger partial charge in [-0.1, -0.05) is 36.4 Å². The van der Waals surface area contributed by atoms with Crippen molar-refractivity contribution in [2.24, 2.45) is 0 Å². The Bertz CT molecular complexity index is 1090. The van der Waals surface area contributed by atoms with Gasteiger partial charge in [0.2, 0.25) is 0 Å². The molecule has 0 bridgehead atoms. The van der Waals surface area contributed by atoms with E-state index in [4.69, 9.17) is 0 Å². The number of fused-ring (bicyclic) bond motifs is 1. The van der Waals surface area contributed by atoms with Crippen LogP contribution in [0.2, 0.25) is 0 Å². The lowest BCUT2D eigenvalue weighted by Crippen LogP contribution is -1.93. The van der Waals surface area contributed by atoms with E-state index < -0.39 is 0 Å². The number of H-pyrrole nitrogens is 1. The van der Waals surface area contributed by atoms with Crippen molar-refractivity contribution in [3.8, 4) is 28.3 Å². The lowest BCUT2D eigenvalue weighted by Gasteiger charge is -2.14. The second-order valence-electron chi connectivity index (χ2n) is 5.68. The van der Waals surface area contributed by atoms with E-state index in [9.17, 15) is 5.26 Å². The smallest absolute Gasteiger partial charge is 0.108 e. The third kappa shape index (κ3) is 2.24. The van der Waals surface area contributed by atoms with E-state index in [1.165, 1.54) is 0 Å². The maximum Gasteiger partial charge on any atom is 0.108 e. The molecule has 0 fully saturated rings. The number of benzene rings is 2. The zero-order valence-corrected chi connectivity index (χ0v) is 13.1. The molecule has 0 saturated heterocycles. The Kier molecular flexibility index (Phi) is 3.33. The van der Waals surface area contributed by atoms with Crippen LogP contribution in [-0.4, -0.2) is 15.2 Å². The average molecular weight is 310 g/mol.